The second kappa shape index (κ2) is 4.08. The average molecular weight is 299 g/mol. The van der Waals surface area contributed by atoms with Crippen LogP contribution in [0.1, 0.15) is 11.3 Å². The van der Waals surface area contributed by atoms with E-state index in [1.165, 1.54) is 4.98 Å². The molecule has 0 atom stereocenters. The molecular formula is C9H3F6N3O2. The van der Waals surface area contributed by atoms with Crippen molar-refractivity contribution in [2.45, 2.75) is 12.4 Å². The summed E-state index contributed by atoms with van der Waals surface area (Å²) >= 11 is 0. The summed E-state index contributed by atoms with van der Waals surface area (Å²) in [6.07, 6.45) is -10.4. The Morgan fingerprint density at radius 2 is 1.55 bits per heavy atom. The number of hydrogen-bond acceptors (Lipinski definition) is 3. The first-order chi connectivity index (χ1) is 9.00. The van der Waals surface area contributed by atoms with Crippen LogP contribution in [-0.2, 0) is 12.4 Å². The number of nitrogens with zero attached hydrogens (tertiary/aromatic N) is 1. The molecule has 0 saturated heterocycles. The molecule has 2 rings (SSSR count). The molecule has 0 aliphatic heterocycles. The minimum Gasteiger partial charge on any atom is -0.291 e. The van der Waals surface area contributed by atoms with Gasteiger partial charge in [-0.2, -0.15) is 26.3 Å². The van der Waals surface area contributed by atoms with E-state index in [2.05, 4.69) is 4.98 Å². The Bertz CT molecular complexity index is 785. The highest BCUT2D eigenvalue weighted by Gasteiger charge is 2.40. The van der Waals surface area contributed by atoms with Crippen LogP contribution < -0.4 is 11.2 Å². The van der Waals surface area contributed by atoms with Crippen LogP contribution in [0.25, 0.3) is 11.0 Å². The number of aromatic amines is 2. The van der Waals surface area contributed by atoms with E-state index in [9.17, 15) is 35.9 Å². The second-order valence-electron chi connectivity index (χ2n) is 3.68. The van der Waals surface area contributed by atoms with Gasteiger partial charge in [-0.25, -0.2) is 9.78 Å². The molecule has 2 heterocycles. The fraction of sp³-hybridized carbons (Fsp3) is 0.222. The normalized spacial score (nSPS) is 12.9. The van der Waals surface area contributed by atoms with E-state index in [4.69, 9.17) is 0 Å². The van der Waals surface area contributed by atoms with Crippen LogP contribution in [0.15, 0.2) is 15.7 Å². The minimum atomic E-state index is -5.22. The summed E-state index contributed by atoms with van der Waals surface area (Å²) in [7, 11) is 0. The summed E-state index contributed by atoms with van der Waals surface area (Å²) in [4.78, 5) is 28.2. The molecule has 0 bridgehead atoms. The van der Waals surface area contributed by atoms with Gasteiger partial charge in [-0.15, -0.1) is 0 Å². The first kappa shape index (κ1) is 14.1. The van der Waals surface area contributed by atoms with Gasteiger partial charge in [0.05, 0.1) is 10.9 Å². The van der Waals surface area contributed by atoms with Crippen molar-refractivity contribution in [2.24, 2.45) is 0 Å². The molecule has 11 heteroatoms. The average Bonchev–Trinajstić information content (AvgIpc) is 2.24. The summed E-state index contributed by atoms with van der Waals surface area (Å²) < 4.78 is 75.6. The van der Waals surface area contributed by atoms with Gasteiger partial charge in [-0.05, 0) is 6.07 Å². The van der Waals surface area contributed by atoms with Gasteiger partial charge >= 0.3 is 18.0 Å². The lowest BCUT2D eigenvalue weighted by atomic mass is 10.1. The molecular weight excluding hydrogens is 296 g/mol. The van der Waals surface area contributed by atoms with E-state index < -0.39 is 45.9 Å². The number of rotatable bonds is 0. The summed E-state index contributed by atoms with van der Waals surface area (Å²) in [5, 5.41) is -1.16. The molecule has 0 aromatic carbocycles. The Morgan fingerprint density at radius 3 is 2.05 bits per heavy atom. The van der Waals surface area contributed by atoms with Crippen molar-refractivity contribution in [1.29, 1.82) is 0 Å². The number of H-pyrrole nitrogens is 2. The molecule has 2 N–H and O–H groups in total. The predicted octanol–water partition coefficient (Wildman–Crippen LogP) is 1.65. The van der Waals surface area contributed by atoms with E-state index in [0.717, 1.165) is 0 Å². The van der Waals surface area contributed by atoms with Gasteiger partial charge in [0.1, 0.15) is 11.3 Å². The maximum atomic E-state index is 12.7. The second-order valence-corrected chi connectivity index (χ2v) is 3.68. The standard InChI is InChI=1S/C9H3F6N3O2/c10-8(11,12)2-1-3(9(13,14)15)16-5-4(2)6(19)18-7(20)17-5/h1H,(H2,16,17,18,19,20). The Labute approximate surface area is 104 Å². The first-order valence-electron chi connectivity index (χ1n) is 4.82. The number of halogens is 6. The third-order valence-electron chi connectivity index (χ3n) is 2.30. The highest BCUT2D eigenvalue weighted by atomic mass is 19.4. The molecule has 0 saturated carbocycles. The summed E-state index contributed by atoms with van der Waals surface area (Å²) in [5.74, 6) is 0. The van der Waals surface area contributed by atoms with Crippen LogP contribution in [-0.4, -0.2) is 15.0 Å². The molecule has 5 nitrogen and oxygen atoms in total. The topological polar surface area (TPSA) is 78.6 Å². The highest BCUT2D eigenvalue weighted by molar-refractivity contribution is 5.78. The molecule has 20 heavy (non-hydrogen) atoms. The van der Waals surface area contributed by atoms with Gasteiger partial charge in [0.2, 0.25) is 0 Å². The third-order valence-corrected chi connectivity index (χ3v) is 2.30. The summed E-state index contributed by atoms with van der Waals surface area (Å²) in [6.45, 7) is 0. The SMILES string of the molecule is O=c1[nH]c(=O)c2c(C(F)(F)F)cc(C(F)(F)F)nc2[nH]1. The molecule has 2 aromatic heterocycles. The zero-order valence-electron chi connectivity index (χ0n) is 9.11. The lowest BCUT2D eigenvalue weighted by molar-refractivity contribution is -0.144. The Hall–Kier alpha value is -2.33. The van der Waals surface area contributed by atoms with Crippen molar-refractivity contribution in [3.8, 4) is 0 Å². The smallest absolute Gasteiger partial charge is 0.291 e. The summed E-state index contributed by atoms with van der Waals surface area (Å²) in [6, 6.07) is -0.282. The Balaban J connectivity index is 3.01. The zero-order chi connectivity index (χ0) is 15.3. The molecule has 0 amide bonds. The van der Waals surface area contributed by atoms with Gasteiger partial charge in [-0.3, -0.25) is 14.8 Å². The van der Waals surface area contributed by atoms with E-state index in [0.29, 0.717) is 0 Å². The fourth-order valence-electron chi connectivity index (χ4n) is 1.54. The number of hydrogen-bond donors (Lipinski definition) is 2. The van der Waals surface area contributed by atoms with E-state index in [-0.39, 0.29) is 6.07 Å². The maximum Gasteiger partial charge on any atom is 0.433 e. The van der Waals surface area contributed by atoms with Crippen LogP contribution in [0.5, 0.6) is 0 Å². The molecule has 0 spiro atoms. The zero-order valence-corrected chi connectivity index (χ0v) is 9.11. The van der Waals surface area contributed by atoms with Crippen LogP contribution in [0, 0.1) is 0 Å². The van der Waals surface area contributed by atoms with Crippen molar-refractivity contribution in [3.05, 3.63) is 38.2 Å². The molecule has 2 aromatic rings. The van der Waals surface area contributed by atoms with Crippen LogP contribution in [0.3, 0.4) is 0 Å². The molecule has 0 aliphatic carbocycles. The lowest BCUT2D eigenvalue weighted by Crippen LogP contribution is -2.26. The quantitative estimate of drug-likeness (QED) is 0.726. The van der Waals surface area contributed by atoms with E-state index in [1.54, 1.807) is 4.98 Å². The summed E-state index contributed by atoms with van der Waals surface area (Å²) in [5.41, 5.74) is -7.51. The highest BCUT2D eigenvalue weighted by Crippen LogP contribution is 2.36. The largest absolute Gasteiger partial charge is 0.433 e. The molecule has 0 fully saturated rings. The number of alkyl halides is 6. The van der Waals surface area contributed by atoms with Gasteiger partial charge in [0, 0.05) is 0 Å². The number of pyridine rings is 1. The van der Waals surface area contributed by atoms with Crippen molar-refractivity contribution < 1.29 is 26.3 Å². The van der Waals surface area contributed by atoms with Crippen molar-refractivity contribution in [1.82, 2.24) is 15.0 Å². The number of nitrogens with one attached hydrogen (secondary N) is 2. The van der Waals surface area contributed by atoms with Crippen LogP contribution >= 0.6 is 0 Å². The Kier molecular flexibility index (Phi) is 2.87. The first-order valence-corrected chi connectivity index (χ1v) is 4.82. The van der Waals surface area contributed by atoms with Crippen LogP contribution in [0.4, 0.5) is 26.3 Å². The van der Waals surface area contributed by atoms with Crippen molar-refractivity contribution in [3.63, 3.8) is 0 Å². The van der Waals surface area contributed by atoms with Gasteiger partial charge in [0.15, 0.2) is 0 Å². The van der Waals surface area contributed by atoms with Crippen molar-refractivity contribution in [2.75, 3.05) is 0 Å². The van der Waals surface area contributed by atoms with Gasteiger partial charge < -0.3 is 0 Å². The van der Waals surface area contributed by atoms with Crippen LogP contribution in [0.2, 0.25) is 0 Å². The molecule has 0 radical (unpaired) electrons. The third kappa shape index (κ3) is 2.38. The van der Waals surface area contributed by atoms with E-state index >= 15 is 0 Å². The lowest BCUT2D eigenvalue weighted by Gasteiger charge is -2.12. The monoisotopic (exact) mass is 299 g/mol. The van der Waals surface area contributed by atoms with E-state index in [1.807, 2.05) is 0 Å². The van der Waals surface area contributed by atoms with Gasteiger partial charge in [-0.1, -0.05) is 0 Å². The molecule has 108 valence electrons. The van der Waals surface area contributed by atoms with Crippen molar-refractivity contribution >= 4 is 11.0 Å². The minimum absolute atomic E-state index is 0.282. The molecule has 0 unspecified atom stereocenters. The predicted molar refractivity (Wildman–Crippen MR) is 53.0 cm³/mol. The Morgan fingerprint density at radius 1 is 0.950 bits per heavy atom. The fourth-order valence-corrected chi connectivity index (χ4v) is 1.54. The number of aromatic nitrogens is 3. The number of fused-ring (bicyclic) bond motifs is 1. The molecule has 0 aliphatic rings. The van der Waals surface area contributed by atoms with Gasteiger partial charge in [0.25, 0.3) is 5.56 Å². The maximum absolute atomic E-state index is 12.7.